The third-order valence-corrected chi connectivity index (χ3v) is 5.81. The number of hydrogen-bond donors (Lipinski definition) is 1. The Morgan fingerprint density at radius 1 is 1.29 bits per heavy atom. The predicted molar refractivity (Wildman–Crippen MR) is 87.0 cm³/mol. The van der Waals surface area contributed by atoms with Gasteiger partial charge in [0.25, 0.3) is 10.0 Å². The number of aliphatic imine (C=N–C) groups is 1. The maximum atomic E-state index is 12.3. The second-order valence-electron chi connectivity index (χ2n) is 5.95. The fourth-order valence-corrected chi connectivity index (χ4v) is 4.28. The minimum atomic E-state index is -3.81. The molecule has 0 saturated carbocycles. The Labute approximate surface area is 138 Å². The standard InChI is InChI=1S/C16H14N2O5S/c19-16(20)9-1-2-14-12(5-9)11-7-15-13(6-10(11)8-23-14)17-3-4-18-24(15,21)22/h3-4,6-7,9H,1-2,5,8H2,(H,19,20). The molecule has 1 aromatic rings. The van der Waals surface area contributed by atoms with Gasteiger partial charge in [-0.1, -0.05) is 0 Å². The molecule has 4 rings (SSSR count). The van der Waals surface area contributed by atoms with E-state index in [-0.39, 0.29) is 4.90 Å². The first kappa shape index (κ1) is 15.1. The van der Waals surface area contributed by atoms with Crippen LogP contribution >= 0.6 is 0 Å². The Kier molecular flexibility index (Phi) is 3.31. The molecule has 0 fully saturated rings. The molecule has 2 heterocycles. The molecule has 1 atom stereocenters. The van der Waals surface area contributed by atoms with Crippen LogP contribution in [0.4, 0.5) is 5.69 Å². The Balaban J connectivity index is 1.88. The van der Waals surface area contributed by atoms with Crippen molar-refractivity contribution in [3.05, 3.63) is 29.0 Å². The number of nitrogens with zero attached hydrogens (tertiary/aromatic N) is 2. The van der Waals surface area contributed by atoms with Gasteiger partial charge in [-0.15, -0.1) is 0 Å². The molecule has 3 aliphatic rings. The molecule has 1 unspecified atom stereocenters. The molecule has 124 valence electrons. The second kappa shape index (κ2) is 5.27. The van der Waals surface area contributed by atoms with E-state index in [9.17, 15) is 18.3 Å². The van der Waals surface area contributed by atoms with Crippen molar-refractivity contribution >= 4 is 39.7 Å². The fourth-order valence-electron chi connectivity index (χ4n) is 3.31. The number of allylic oxidation sites excluding steroid dienone is 2. The van der Waals surface area contributed by atoms with E-state index in [0.29, 0.717) is 31.6 Å². The summed E-state index contributed by atoms with van der Waals surface area (Å²) in [6.07, 6.45) is 3.90. The number of benzene rings is 1. The molecular weight excluding hydrogens is 332 g/mol. The number of fused-ring (bicyclic) bond motifs is 3. The second-order valence-corrected chi connectivity index (χ2v) is 7.55. The zero-order valence-electron chi connectivity index (χ0n) is 12.6. The Morgan fingerprint density at radius 2 is 2.12 bits per heavy atom. The molecule has 0 amide bonds. The van der Waals surface area contributed by atoms with Crippen molar-refractivity contribution in [2.75, 3.05) is 0 Å². The van der Waals surface area contributed by atoms with E-state index in [4.69, 9.17) is 4.74 Å². The molecule has 1 N–H and O–H groups in total. The summed E-state index contributed by atoms with van der Waals surface area (Å²) in [4.78, 5) is 15.5. The van der Waals surface area contributed by atoms with E-state index in [1.807, 2.05) is 0 Å². The van der Waals surface area contributed by atoms with E-state index in [1.54, 1.807) is 12.1 Å². The number of carbonyl (C=O) groups is 1. The first-order valence-corrected chi connectivity index (χ1v) is 8.97. The van der Waals surface area contributed by atoms with Gasteiger partial charge >= 0.3 is 5.97 Å². The number of sulfonamides is 1. The van der Waals surface area contributed by atoms with E-state index in [1.165, 1.54) is 6.21 Å². The first-order chi connectivity index (χ1) is 11.5. The van der Waals surface area contributed by atoms with E-state index < -0.39 is 21.9 Å². The molecule has 24 heavy (non-hydrogen) atoms. The highest BCUT2D eigenvalue weighted by molar-refractivity contribution is 7.90. The lowest BCUT2D eigenvalue weighted by Gasteiger charge is -2.30. The zero-order valence-corrected chi connectivity index (χ0v) is 13.4. The molecule has 0 bridgehead atoms. The number of carboxylic acid groups (broad SMARTS) is 1. The molecular formula is C16H14N2O5S. The third kappa shape index (κ3) is 2.34. The van der Waals surface area contributed by atoms with Gasteiger partial charge in [0.05, 0.1) is 17.8 Å². The third-order valence-electron chi connectivity index (χ3n) is 4.53. The smallest absolute Gasteiger partial charge is 0.306 e. The van der Waals surface area contributed by atoms with Gasteiger partial charge < -0.3 is 9.84 Å². The fraction of sp³-hybridized carbons (Fsp3) is 0.312. The topological polar surface area (TPSA) is 105 Å². The van der Waals surface area contributed by atoms with E-state index in [0.717, 1.165) is 28.7 Å². The lowest BCUT2D eigenvalue weighted by Crippen LogP contribution is -2.22. The lowest BCUT2D eigenvalue weighted by atomic mass is 9.82. The van der Waals surface area contributed by atoms with Gasteiger partial charge in [-0.05, 0) is 41.7 Å². The highest BCUT2D eigenvalue weighted by Crippen LogP contribution is 2.44. The summed E-state index contributed by atoms with van der Waals surface area (Å²) in [7, 11) is -3.81. The van der Waals surface area contributed by atoms with Gasteiger partial charge in [0.2, 0.25) is 0 Å². The summed E-state index contributed by atoms with van der Waals surface area (Å²) in [6, 6.07) is 3.24. The SMILES string of the molecule is O=C(O)C1CCC2=C(C1)c1cc3c(cc1CO2)N=CC=NS3(=O)=O. The van der Waals surface area contributed by atoms with Crippen molar-refractivity contribution in [1.29, 1.82) is 0 Å². The number of hydrogen-bond acceptors (Lipinski definition) is 5. The first-order valence-electron chi connectivity index (χ1n) is 7.53. The van der Waals surface area contributed by atoms with Gasteiger partial charge in [-0.3, -0.25) is 9.79 Å². The van der Waals surface area contributed by atoms with Crippen molar-refractivity contribution in [1.82, 2.24) is 0 Å². The maximum Gasteiger partial charge on any atom is 0.306 e. The molecule has 1 aromatic carbocycles. The van der Waals surface area contributed by atoms with Crippen molar-refractivity contribution in [2.24, 2.45) is 15.3 Å². The molecule has 7 nitrogen and oxygen atoms in total. The Hall–Kier alpha value is -2.48. The van der Waals surface area contributed by atoms with Crippen molar-refractivity contribution in [2.45, 2.75) is 30.8 Å². The molecule has 1 aliphatic carbocycles. The average Bonchev–Trinajstić information content (AvgIpc) is 2.71. The van der Waals surface area contributed by atoms with Crippen LogP contribution in [0, 0.1) is 5.92 Å². The predicted octanol–water partition coefficient (Wildman–Crippen LogP) is 2.29. The van der Waals surface area contributed by atoms with Crippen molar-refractivity contribution in [3.8, 4) is 0 Å². The molecule has 2 aliphatic heterocycles. The summed E-state index contributed by atoms with van der Waals surface area (Å²) < 4.78 is 33.9. The van der Waals surface area contributed by atoms with Crippen LogP contribution in [0.15, 0.2) is 32.2 Å². The molecule has 0 spiro atoms. The highest BCUT2D eigenvalue weighted by Gasteiger charge is 2.33. The maximum absolute atomic E-state index is 12.3. The lowest BCUT2D eigenvalue weighted by molar-refractivity contribution is -0.142. The van der Waals surface area contributed by atoms with Crippen molar-refractivity contribution in [3.63, 3.8) is 0 Å². The van der Waals surface area contributed by atoms with Crippen LogP contribution in [-0.2, 0) is 26.2 Å². The number of aliphatic carboxylic acids is 1. The number of ether oxygens (including phenoxy) is 1. The largest absolute Gasteiger partial charge is 0.493 e. The summed E-state index contributed by atoms with van der Waals surface area (Å²) in [5, 5.41) is 9.29. The molecule has 0 aromatic heterocycles. The van der Waals surface area contributed by atoms with Crippen LogP contribution in [0.3, 0.4) is 0 Å². The van der Waals surface area contributed by atoms with Gasteiger partial charge in [-0.2, -0.15) is 12.8 Å². The Morgan fingerprint density at radius 3 is 2.92 bits per heavy atom. The van der Waals surface area contributed by atoms with Gasteiger partial charge in [0, 0.05) is 12.6 Å². The highest BCUT2D eigenvalue weighted by atomic mass is 32.2. The van der Waals surface area contributed by atoms with Crippen LogP contribution in [0.25, 0.3) is 5.57 Å². The van der Waals surface area contributed by atoms with Crippen LogP contribution in [0.5, 0.6) is 0 Å². The van der Waals surface area contributed by atoms with Gasteiger partial charge in [0.1, 0.15) is 17.3 Å². The van der Waals surface area contributed by atoms with E-state index in [2.05, 4.69) is 9.39 Å². The summed E-state index contributed by atoms with van der Waals surface area (Å²) >= 11 is 0. The summed E-state index contributed by atoms with van der Waals surface area (Å²) in [6.45, 7) is 0.329. The van der Waals surface area contributed by atoms with Crippen LogP contribution in [0.1, 0.15) is 30.4 Å². The normalized spacial score (nSPS) is 23.6. The van der Waals surface area contributed by atoms with Crippen LogP contribution < -0.4 is 0 Å². The van der Waals surface area contributed by atoms with Crippen LogP contribution in [-0.4, -0.2) is 31.9 Å². The van der Waals surface area contributed by atoms with Crippen LogP contribution in [0.2, 0.25) is 0 Å². The minimum absolute atomic E-state index is 0.0393. The summed E-state index contributed by atoms with van der Waals surface area (Å²) in [5.41, 5.74) is 2.65. The molecule has 8 heteroatoms. The molecule has 0 saturated heterocycles. The monoisotopic (exact) mass is 346 g/mol. The van der Waals surface area contributed by atoms with Gasteiger partial charge in [0.15, 0.2) is 0 Å². The summed E-state index contributed by atoms with van der Waals surface area (Å²) in [5.74, 6) is -0.562. The zero-order chi connectivity index (χ0) is 16.9. The van der Waals surface area contributed by atoms with E-state index >= 15 is 0 Å². The average molecular weight is 346 g/mol. The minimum Gasteiger partial charge on any atom is -0.493 e. The molecule has 0 radical (unpaired) electrons. The van der Waals surface area contributed by atoms with Crippen molar-refractivity contribution < 1.29 is 23.1 Å². The number of carboxylic acids is 1. The Bertz CT molecular complexity index is 943. The van der Waals surface area contributed by atoms with Gasteiger partial charge in [-0.25, -0.2) is 0 Å². The number of rotatable bonds is 1. The quantitative estimate of drug-likeness (QED) is 0.840.